The third-order valence-corrected chi connectivity index (χ3v) is 5.39. The van der Waals surface area contributed by atoms with E-state index in [9.17, 15) is 4.79 Å². The van der Waals surface area contributed by atoms with Crippen molar-refractivity contribution >= 4 is 62.5 Å². The van der Waals surface area contributed by atoms with E-state index >= 15 is 0 Å². The monoisotopic (exact) mass is 502 g/mol. The molecule has 0 aliphatic carbocycles. The smallest absolute Gasteiger partial charge is 0.222 e. The number of fused-ring (bicyclic) bond motifs is 1. The van der Waals surface area contributed by atoms with E-state index in [2.05, 4.69) is 32.0 Å². The predicted molar refractivity (Wildman–Crippen MR) is 123 cm³/mol. The molecule has 2 aromatic rings. The number of nitrogens with zero attached hydrogens (tertiary/aromatic N) is 3. The number of anilines is 1. The van der Waals surface area contributed by atoms with Gasteiger partial charge in [0.15, 0.2) is 11.1 Å². The van der Waals surface area contributed by atoms with Gasteiger partial charge in [0.1, 0.15) is 0 Å². The Hall–Kier alpha value is -1.62. The fourth-order valence-corrected chi connectivity index (χ4v) is 3.91. The number of carbonyl (C=O) groups excluding carboxylic acids is 1. The fourth-order valence-electron chi connectivity index (χ4n) is 3.01. The van der Waals surface area contributed by atoms with Crippen LogP contribution in [0, 0.1) is 0 Å². The number of carbonyl (C=O) groups is 1. The number of para-hydroxylation sites is 1. The summed E-state index contributed by atoms with van der Waals surface area (Å²) in [6, 6.07) is 8.39. The fraction of sp³-hybridized carbons (Fsp3) is 0.500. The standard InChI is InChI=1S/C18H26N6OS.HI/c1-3-16(25)24-11-8-13(12-24)22-17(19-2)20-9-10-21-18-23-14-6-4-5-7-15(14)26-18;/h4-7,13H,3,8-12H2,1-2H3,(H,21,23)(H2,19,20,22);1H. The molecule has 1 aliphatic heterocycles. The molecule has 1 unspecified atom stereocenters. The molecular weight excluding hydrogens is 475 g/mol. The van der Waals surface area contributed by atoms with E-state index in [0.717, 1.165) is 49.2 Å². The van der Waals surface area contributed by atoms with Gasteiger partial charge in [0, 0.05) is 45.7 Å². The second-order valence-corrected chi connectivity index (χ2v) is 7.27. The van der Waals surface area contributed by atoms with Crippen LogP contribution in [0.5, 0.6) is 0 Å². The van der Waals surface area contributed by atoms with Crippen molar-refractivity contribution in [2.45, 2.75) is 25.8 Å². The number of hydrogen-bond donors (Lipinski definition) is 3. The van der Waals surface area contributed by atoms with Crippen LogP contribution in [0.15, 0.2) is 29.3 Å². The number of likely N-dealkylation sites (tertiary alicyclic amines) is 1. The maximum absolute atomic E-state index is 11.8. The summed E-state index contributed by atoms with van der Waals surface area (Å²) < 4.78 is 1.19. The zero-order valence-electron chi connectivity index (χ0n) is 15.7. The number of rotatable bonds is 6. The van der Waals surface area contributed by atoms with E-state index in [1.165, 1.54) is 4.70 Å². The number of aromatic nitrogens is 1. The predicted octanol–water partition coefficient (Wildman–Crippen LogP) is 2.50. The molecular formula is C18H27IN6OS. The Morgan fingerprint density at radius 2 is 2.19 bits per heavy atom. The highest BCUT2D eigenvalue weighted by molar-refractivity contribution is 14.0. The Morgan fingerprint density at radius 1 is 1.37 bits per heavy atom. The molecule has 1 aromatic carbocycles. The summed E-state index contributed by atoms with van der Waals surface area (Å²) in [5.41, 5.74) is 1.03. The molecule has 1 atom stereocenters. The summed E-state index contributed by atoms with van der Waals surface area (Å²) >= 11 is 1.66. The quantitative estimate of drug-likeness (QED) is 0.245. The number of hydrogen-bond acceptors (Lipinski definition) is 5. The molecule has 148 valence electrons. The molecule has 1 amide bonds. The largest absolute Gasteiger partial charge is 0.360 e. The Kier molecular flexibility index (Phi) is 8.55. The number of amides is 1. The van der Waals surface area contributed by atoms with Crippen molar-refractivity contribution in [1.82, 2.24) is 20.5 Å². The zero-order valence-corrected chi connectivity index (χ0v) is 18.8. The van der Waals surface area contributed by atoms with Gasteiger partial charge >= 0.3 is 0 Å². The lowest BCUT2D eigenvalue weighted by molar-refractivity contribution is -0.129. The summed E-state index contributed by atoms with van der Waals surface area (Å²) in [6.45, 7) is 4.96. The molecule has 2 heterocycles. The van der Waals surface area contributed by atoms with Crippen LogP contribution in [-0.2, 0) is 4.79 Å². The zero-order chi connectivity index (χ0) is 18.4. The second-order valence-electron chi connectivity index (χ2n) is 6.24. The van der Waals surface area contributed by atoms with Gasteiger partial charge in [-0.2, -0.15) is 0 Å². The van der Waals surface area contributed by atoms with Crippen LogP contribution < -0.4 is 16.0 Å². The number of guanidine groups is 1. The summed E-state index contributed by atoms with van der Waals surface area (Å²) in [5.74, 6) is 0.990. The molecule has 0 radical (unpaired) electrons. The molecule has 1 fully saturated rings. The highest BCUT2D eigenvalue weighted by Gasteiger charge is 2.25. The molecule has 0 saturated carbocycles. The topological polar surface area (TPSA) is 81.7 Å². The third-order valence-electron chi connectivity index (χ3n) is 4.40. The first-order valence-corrected chi connectivity index (χ1v) is 9.85. The molecule has 7 nitrogen and oxygen atoms in total. The molecule has 3 rings (SSSR count). The van der Waals surface area contributed by atoms with Crippen LogP contribution in [0.2, 0.25) is 0 Å². The highest BCUT2D eigenvalue weighted by Crippen LogP contribution is 2.24. The van der Waals surface area contributed by atoms with Crippen LogP contribution in [-0.4, -0.2) is 61.0 Å². The van der Waals surface area contributed by atoms with Gasteiger partial charge in [0.25, 0.3) is 0 Å². The van der Waals surface area contributed by atoms with Crippen molar-refractivity contribution in [1.29, 1.82) is 0 Å². The van der Waals surface area contributed by atoms with Crippen molar-refractivity contribution in [3.63, 3.8) is 0 Å². The number of aliphatic imine (C=N–C) groups is 1. The van der Waals surface area contributed by atoms with E-state index in [-0.39, 0.29) is 35.9 Å². The Bertz CT molecular complexity index is 747. The van der Waals surface area contributed by atoms with Crippen molar-refractivity contribution in [2.75, 3.05) is 38.5 Å². The minimum atomic E-state index is 0. The first kappa shape index (κ1) is 21.7. The number of halogens is 1. The minimum absolute atomic E-state index is 0. The average Bonchev–Trinajstić information content (AvgIpc) is 3.29. The lowest BCUT2D eigenvalue weighted by Gasteiger charge is -2.18. The lowest BCUT2D eigenvalue weighted by atomic mass is 10.3. The average molecular weight is 502 g/mol. The normalized spacial score (nSPS) is 16.9. The summed E-state index contributed by atoms with van der Waals surface area (Å²) in [5, 5.41) is 11.0. The molecule has 3 N–H and O–H groups in total. The Morgan fingerprint density at radius 3 is 2.93 bits per heavy atom. The number of benzene rings is 1. The van der Waals surface area contributed by atoms with Crippen molar-refractivity contribution in [2.24, 2.45) is 4.99 Å². The van der Waals surface area contributed by atoms with Gasteiger partial charge in [-0.15, -0.1) is 24.0 Å². The number of thiazole rings is 1. The highest BCUT2D eigenvalue weighted by atomic mass is 127. The summed E-state index contributed by atoms with van der Waals surface area (Å²) in [7, 11) is 1.76. The van der Waals surface area contributed by atoms with Gasteiger partial charge in [-0.3, -0.25) is 9.79 Å². The van der Waals surface area contributed by atoms with Crippen LogP contribution in [0.4, 0.5) is 5.13 Å². The van der Waals surface area contributed by atoms with Gasteiger partial charge in [0.2, 0.25) is 5.91 Å². The van der Waals surface area contributed by atoms with Crippen LogP contribution in [0.3, 0.4) is 0 Å². The SMILES string of the molecule is CCC(=O)N1CCC(NC(=NC)NCCNc2nc3ccccc3s2)C1.I. The van der Waals surface area contributed by atoms with Crippen LogP contribution in [0.25, 0.3) is 10.2 Å². The van der Waals surface area contributed by atoms with Crippen molar-refractivity contribution in [3.05, 3.63) is 24.3 Å². The second kappa shape index (κ2) is 10.6. The Labute approximate surface area is 181 Å². The molecule has 1 saturated heterocycles. The van der Waals surface area contributed by atoms with Gasteiger partial charge in [-0.25, -0.2) is 4.98 Å². The lowest BCUT2D eigenvalue weighted by Crippen LogP contribution is -2.46. The third kappa shape index (κ3) is 5.93. The van der Waals surface area contributed by atoms with Gasteiger partial charge in [-0.1, -0.05) is 30.4 Å². The molecule has 0 bridgehead atoms. The Balaban J connectivity index is 0.00000261. The van der Waals surface area contributed by atoms with Gasteiger partial charge < -0.3 is 20.9 Å². The molecule has 27 heavy (non-hydrogen) atoms. The molecule has 1 aromatic heterocycles. The summed E-state index contributed by atoms with van der Waals surface area (Å²) in [6.07, 6.45) is 1.52. The van der Waals surface area contributed by atoms with E-state index in [0.29, 0.717) is 6.42 Å². The van der Waals surface area contributed by atoms with Crippen molar-refractivity contribution < 1.29 is 4.79 Å². The van der Waals surface area contributed by atoms with E-state index in [1.54, 1.807) is 18.4 Å². The van der Waals surface area contributed by atoms with Crippen LogP contribution >= 0.6 is 35.3 Å². The first-order chi connectivity index (χ1) is 12.7. The maximum Gasteiger partial charge on any atom is 0.222 e. The van der Waals surface area contributed by atoms with E-state index in [1.807, 2.05) is 30.0 Å². The van der Waals surface area contributed by atoms with Crippen LogP contribution in [0.1, 0.15) is 19.8 Å². The molecule has 9 heteroatoms. The van der Waals surface area contributed by atoms with Crippen molar-refractivity contribution in [3.8, 4) is 0 Å². The van der Waals surface area contributed by atoms with Gasteiger partial charge in [-0.05, 0) is 18.6 Å². The van der Waals surface area contributed by atoms with E-state index in [4.69, 9.17) is 0 Å². The van der Waals surface area contributed by atoms with Gasteiger partial charge in [0.05, 0.1) is 10.2 Å². The minimum Gasteiger partial charge on any atom is -0.360 e. The summed E-state index contributed by atoms with van der Waals surface area (Å²) in [4.78, 5) is 22.5. The maximum atomic E-state index is 11.8. The molecule has 1 aliphatic rings. The molecule has 0 spiro atoms. The first-order valence-electron chi connectivity index (χ1n) is 9.04. The van der Waals surface area contributed by atoms with E-state index < -0.39 is 0 Å². The number of nitrogens with one attached hydrogen (secondary N) is 3.